The van der Waals surface area contributed by atoms with E-state index in [2.05, 4.69) is 61.3 Å². The van der Waals surface area contributed by atoms with Crippen LogP contribution >= 0.6 is 11.8 Å². The molecule has 0 spiro atoms. The van der Waals surface area contributed by atoms with Gasteiger partial charge < -0.3 is 9.30 Å². The fraction of sp³-hybridized carbons (Fsp3) is 0.333. The average molecular weight is 368 g/mol. The van der Waals surface area contributed by atoms with Crippen LogP contribution in [0.3, 0.4) is 0 Å². The lowest BCUT2D eigenvalue weighted by atomic mass is 10.1. The van der Waals surface area contributed by atoms with Gasteiger partial charge in [0.15, 0.2) is 17.1 Å². The molecule has 0 N–H and O–H groups in total. The molecule has 26 heavy (non-hydrogen) atoms. The Morgan fingerprint density at radius 2 is 1.85 bits per heavy atom. The van der Waals surface area contributed by atoms with Gasteiger partial charge in [-0.15, -0.1) is 10.2 Å². The lowest BCUT2D eigenvalue weighted by Crippen LogP contribution is -2.10. The fourth-order valence-corrected chi connectivity index (χ4v) is 3.71. The van der Waals surface area contributed by atoms with Gasteiger partial charge >= 0.3 is 0 Å². The zero-order valence-electron chi connectivity index (χ0n) is 16.0. The standard InChI is InChI=1S/C21H25N3OS/c1-14-8-6-10-18(12-14)13-26-21-23-22-20(24(21)5)17(4)25-19-11-7-9-15(2)16(19)3/h6-12,17H,13H2,1-5H3. The zero-order chi connectivity index (χ0) is 18.7. The Bertz CT molecular complexity index is 904. The van der Waals surface area contributed by atoms with Crippen molar-refractivity contribution in [2.24, 2.45) is 7.05 Å². The van der Waals surface area contributed by atoms with E-state index >= 15 is 0 Å². The van der Waals surface area contributed by atoms with Crippen LogP contribution in [0.25, 0.3) is 0 Å². The summed E-state index contributed by atoms with van der Waals surface area (Å²) in [7, 11) is 2.00. The molecular weight excluding hydrogens is 342 g/mol. The molecule has 0 saturated heterocycles. The van der Waals surface area contributed by atoms with E-state index in [-0.39, 0.29) is 6.10 Å². The van der Waals surface area contributed by atoms with Crippen molar-refractivity contribution in [1.29, 1.82) is 0 Å². The van der Waals surface area contributed by atoms with Crippen LogP contribution in [0.15, 0.2) is 47.6 Å². The molecule has 1 atom stereocenters. The van der Waals surface area contributed by atoms with E-state index in [0.29, 0.717) is 0 Å². The minimum Gasteiger partial charge on any atom is -0.482 e. The number of hydrogen-bond donors (Lipinski definition) is 0. The van der Waals surface area contributed by atoms with E-state index in [1.165, 1.54) is 16.7 Å². The predicted octanol–water partition coefficient (Wildman–Crippen LogP) is 5.17. The summed E-state index contributed by atoms with van der Waals surface area (Å²) in [5.74, 6) is 2.60. The highest BCUT2D eigenvalue weighted by molar-refractivity contribution is 7.98. The molecule has 0 aliphatic rings. The second-order valence-electron chi connectivity index (χ2n) is 6.64. The first-order valence-electron chi connectivity index (χ1n) is 8.76. The molecular formula is C21H25N3OS. The molecule has 3 aromatic rings. The maximum absolute atomic E-state index is 6.15. The smallest absolute Gasteiger partial charge is 0.191 e. The summed E-state index contributed by atoms with van der Waals surface area (Å²) in [5.41, 5.74) is 4.95. The molecule has 1 heterocycles. The van der Waals surface area contributed by atoms with Gasteiger partial charge in [-0.25, -0.2) is 0 Å². The Kier molecular flexibility index (Phi) is 5.67. The van der Waals surface area contributed by atoms with Crippen molar-refractivity contribution in [2.45, 2.75) is 44.7 Å². The minimum atomic E-state index is -0.165. The van der Waals surface area contributed by atoms with E-state index in [1.54, 1.807) is 11.8 Å². The highest BCUT2D eigenvalue weighted by Gasteiger charge is 2.18. The molecule has 5 heteroatoms. The topological polar surface area (TPSA) is 39.9 Å². The lowest BCUT2D eigenvalue weighted by Gasteiger charge is -2.17. The van der Waals surface area contributed by atoms with Gasteiger partial charge in [0.25, 0.3) is 0 Å². The lowest BCUT2D eigenvalue weighted by molar-refractivity contribution is 0.210. The van der Waals surface area contributed by atoms with Gasteiger partial charge in [-0.1, -0.05) is 53.7 Å². The van der Waals surface area contributed by atoms with Gasteiger partial charge in [0, 0.05) is 12.8 Å². The van der Waals surface area contributed by atoms with Crippen molar-refractivity contribution in [3.8, 4) is 5.75 Å². The second-order valence-corrected chi connectivity index (χ2v) is 7.58. The van der Waals surface area contributed by atoms with Crippen molar-refractivity contribution in [2.75, 3.05) is 0 Å². The van der Waals surface area contributed by atoms with Gasteiger partial charge in [0.1, 0.15) is 5.75 Å². The van der Waals surface area contributed by atoms with Crippen molar-refractivity contribution >= 4 is 11.8 Å². The van der Waals surface area contributed by atoms with Crippen molar-refractivity contribution in [3.05, 3.63) is 70.5 Å². The molecule has 0 fully saturated rings. The number of aryl methyl sites for hydroxylation is 2. The third-order valence-electron chi connectivity index (χ3n) is 4.54. The molecule has 3 rings (SSSR count). The molecule has 0 amide bonds. The quantitative estimate of drug-likeness (QED) is 0.563. The number of ether oxygens (including phenoxy) is 1. The van der Waals surface area contributed by atoms with Gasteiger partial charge in [-0.2, -0.15) is 0 Å². The van der Waals surface area contributed by atoms with E-state index in [9.17, 15) is 0 Å². The van der Waals surface area contributed by atoms with E-state index in [4.69, 9.17) is 4.74 Å². The Morgan fingerprint density at radius 1 is 1.08 bits per heavy atom. The SMILES string of the molecule is Cc1cccc(CSc2nnc(C(C)Oc3cccc(C)c3C)n2C)c1. The first-order chi connectivity index (χ1) is 12.5. The average Bonchev–Trinajstić information content (AvgIpc) is 2.98. The van der Waals surface area contributed by atoms with Gasteiger partial charge in [-0.3, -0.25) is 0 Å². The summed E-state index contributed by atoms with van der Waals surface area (Å²) in [6.45, 7) is 8.30. The predicted molar refractivity (Wildman–Crippen MR) is 107 cm³/mol. The van der Waals surface area contributed by atoms with Crippen molar-refractivity contribution in [1.82, 2.24) is 14.8 Å². The number of aromatic nitrogens is 3. The normalized spacial score (nSPS) is 12.2. The zero-order valence-corrected chi connectivity index (χ0v) is 16.8. The Hall–Kier alpha value is -2.27. The van der Waals surface area contributed by atoms with Crippen molar-refractivity contribution in [3.63, 3.8) is 0 Å². The van der Waals surface area contributed by atoms with E-state index < -0.39 is 0 Å². The highest BCUT2D eigenvalue weighted by Crippen LogP contribution is 2.28. The van der Waals surface area contributed by atoms with E-state index in [0.717, 1.165) is 28.0 Å². The van der Waals surface area contributed by atoms with Crippen LogP contribution in [0.4, 0.5) is 0 Å². The van der Waals surface area contributed by atoms with E-state index in [1.807, 2.05) is 30.7 Å². The molecule has 0 saturated carbocycles. The number of hydrogen-bond acceptors (Lipinski definition) is 4. The molecule has 4 nitrogen and oxygen atoms in total. The number of nitrogens with zero attached hydrogens (tertiary/aromatic N) is 3. The minimum absolute atomic E-state index is 0.165. The van der Waals surface area contributed by atoms with Crippen LogP contribution in [0.5, 0.6) is 5.75 Å². The Morgan fingerprint density at radius 3 is 2.62 bits per heavy atom. The highest BCUT2D eigenvalue weighted by atomic mass is 32.2. The summed E-state index contributed by atoms with van der Waals surface area (Å²) in [6, 6.07) is 14.7. The van der Waals surface area contributed by atoms with Gasteiger partial charge in [-0.05, 0) is 50.5 Å². The summed E-state index contributed by atoms with van der Waals surface area (Å²) in [6.07, 6.45) is -0.165. The molecule has 1 aromatic heterocycles. The second kappa shape index (κ2) is 7.96. The third kappa shape index (κ3) is 4.10. The van der Waals surface area contributed by atoms with Crippen LogP contribution in [-0.2, 0) is 12.8 Å². The fourth-order valence-electron chi connectivity index (χ4n) is 2.85. The number of rotatable bonds is 6. The molecule has 1 unspecified atom stereocenters. The maximum Gasteiger partial charge on any atom is 0.191 e. The van der Waals surface area contributed by atoms with Gasteiger partial charge in [0.2, 0.25) is 0 Å². The van der Waals surface area contributed by atoms with Crippen LogP contribution < -0.4 is 4.74 Å². The molecule has 0 bridgehead atoms. The van der Waals surface area contributed by atoms with Crippen LogP contribution in [0, 0.1) is 20.8 Å². The summed E-state index contributed by atoms with van der Waals surface area (Å²) in [5, 5.41) is 9.61. The van der Waals surface area contributed by atoms with Crippen LogP contribution in [0.2, 0.25) is 0 Å². The first kappa shape index (κ1) is 18.5. The largest absolute Gasteiger partial charge is 0.482 e. The third-order valence-corrected chi connectivity index (χ3v) is 5.63. The number of thioether (sulfide) groups is 1. The summed E-state index contributed by atoms with van der Waals surface area (Å²) in [4.78, 5) is 0. The molecule has 136 valence electrons. The van der Waals surface area contributed by atoms with Crippen LogP contribution in [-0.4, -0.2) is 14.8 Å². The monoisotopic (exact) mass is 367 g/mol. The molecule has 0 radical (unpaired) electrons. The maximum atomic E-state index is 6.15. The van der Waals surface area contributed by atoms with Crippen molar-refractivity contribution < 1.29 is 4.74 Å². The van der Waals surface area contributed by atoms with Crippen LogP contribution in [0.1, 0.15) is 41.1 Å². The summed E-state index contributed by atoms with van der Waals surface area (Å²) < 4.78 is 8.18. The van der Waals surface area contributed by atoms with Gasteiger partial charge in [0.05, 0.1) is 0 Å². The Labute approximate surface area is 159 Å². The molecule has 2 aromatic carbocycles. The summed E-state index contributed by atoms with van der Waals surface area (Å²) >= 11 is 1.69. The molecule has 0 aliphatic heterocycles. The first-order valence-corrected chi connectivity index (χ1v) is 9.74. The molecule has 0 aliphatic carbocycles. The Balaban J connectivity index is 1.70. The number of benzene rings is 2.